The van der Waals surface area contributed by atoms with E-state index in [2.05, 4.69) is 30.9 Å². The molecular formula is C14H21NO. The molecular weight excluding hydrogens is 198 g/mol. The molecule has 1 aliphatic heterocycles. The van der Waals surface area contributed by atoms with Gasteiger partial charge in [0.05, 0.1) is 6.10 Å². The van der Waals surface area contributed by atoms with Crippen molar-refractivity contribution in [3.63, 3.8) is 0 Å². The van der Waals surface area contributed by atoms with Crippen LogP contribution in [0.4, 0.5) is 5.69 Å². The zero-order valence-corrected chi connectivity index (χ0v) is 10.4. The van der Waals surface area contributed by atoms with E-state index in [0.717, 1.165) is 12.1 Å². The van der Waals surface area contributed by atoms with Crippen LogP contribution in [-0.4, -0.2) is 17.2 Å². The summed E-state index contributed by atoms with van der Waals surface area (Å²) in [6.45, 7) is 7.53. The fourth-order valence-electron chi connectivity index (χ4n) is 2.52. The molecule has 1 heterocycles. The highest BCUT2D eigenvalue weighted by molar-refractivity contribution is 5.51. The van der Waals surface area contributed by atoms with E-state index in [1.54, 1.807) is 6.92 Å². The van der Waals surface area contributed by atoms with Crippen LogP contribution in [0.25, 0.3) is 0 Å². The molecule has 1 saturated heterocycles. The van der Waals surface area contributed by atoms with Crippen LogP contribution < -0.4 is 4.90 Å². The van der Waals surface area contributed by atoms with Crippen molar-refractivity contribution in [3.05, 3.63) is 29.8 Å². The summed E-state index contributed by atoms with van der Waals surface area (Å²) >= 11 is 0. The number of nitrogens with zero attached hydrogens (tertiary/aromatic N) is 1. The second-order valence-corrected chi connectivity index (χ2v) is 5.34. The van der Waals surface area contributed by atoms with Crippen molar-refractivity contribution >= 4 is 5.69 Å². The third-order valence-corrected chi connectivity index (χ3v) is 3.59. The maximum Gasteiger partial charge on any atom is 0.0761 e. The van der Waals surface area contributed by atoms with E-state index in [1.165, 1.54) is 18.5 Å². The Morgan fingerprint density at radius 1 is 1.25 bits per heavy atom. The number of hydrogen-bond donors (Lipinski definition) is 1. The van der Waals surface area contributed by atoms with Crippen molar-refractivity contribution in [1.29, 1.82) is 0 Å². The maximum absolute atomic E-state index is 9.47. The first-order chi connectivity index (χ1) is 7.50. The molecule has 88 valence electrons. The Morgan fingerprint density at radius 3 is 2.31 bits per heavy atom. The average molecular weight is 219 g/mol. The van der Waals surface area contributed by atoms with Gasteiger partial charge < -0.3 is 10.0 Å². The van der Waals surface area contributed by atoms with Crippen molar-refractivity contribution < 1.29 is 5.11 Å². The molecule has 1 aliphatic rings. The summed E-state index contributed by atoms with van der Waals surface area (Å²) in [7, 11) is 0. The third-order valence-electron chi connectivity index (χ3n) is 3.59. The summed E-state index contributed by atoms with van der Waals surface area (Å²) in [5.41, 5.74) is 2.53. The van der Waals surface area contributed by atoms with Crippen molar-refractivity contribution in [2.75, 3.05) is 11.4 Å². The first-order valence-electron chi connectivity index (χ1n) is 6.06. The van der Waals surface area contributed by atoms with E-state index in [0.29, 0.717) is 0 Å². The molecule has 2 nitrogen and oxygen atoms in total. The number of hydrogen-bond acceptors (Lipinski definition) is 2. The number of aliphatic hydroxyl groups is 1. The second kappa shape index (κ2) is 4.10. The van der Waals surface area contributed by atoms with Crippen molar-refractivity contribution in [2.24, 2.45) is 0 Å². The quantitative estimate of drug-likeness (QED) is 0.826. The Morgan fingerprint density at radius 2 is 1.88 bits per heavy atom. The number of aliphatic hydroxyl groups excluding tert-OH is 1. The van der Waals surface area contributed by atoms with Crippen LogP contribution in [0.2, 0.25) is 0 Å². The summed E-state index contributed by atoms with van der Waals surface area (Å²) < 4.78 is 0. The maximum atomic E-state index is 9.47. The van der Waals surface area contributed by atoms with Gasteiger partial charge in [0, 0.05) is 17.8 Å². The van der Waals surface area contributed by atoms with Gasteiger partial charge in [-0.2, -0.15) is 0 Å². The molecule has 0 radical (unpaired) electrons. The average Bonchev–Trinajstić information content (AvgIpc) is 2.58. The second-order valence-electron chi connectivity index (χ2n) is 5.34. The Bertz CT molecular complexity index is 354. The molecule has 0 amide bonds. The highest BCUT2D eigenvalue weighted by Gasteiger charge is 2.31. The molecule has 0 unspecified atom stereocenters. The summed E-state index contributed by atoms with van der Waals surface area (Å²) in [5, 5.41) is 9.47. The number of rotatable bonds is 2. The Kier molecular flexibility index (Phi) is 2.94. The molecule has 0 spiro atoms. The monoisotopic (exact) mass is 219 g/mol. The largest absolute Gasteiger partial charge is 0.389 e. The standard InChI is InChI=1S/C14H21NO/c1-11(16)12-5-7-13(8-6-12)15-10-4-9-14(15,2)3/h5-8,11,16H,4,9-10H2,1-3H3/t11-/m1/s1. The van der Waals surface area contributed by atoms with E-state index in [1.807, 2.05) is 12.1 Å². The number of anilines is 1. The van der Waals surface area contributed by atoms with Gasteiger partial charge in [-0.05, 0) is 51.3 Å². The SMILES string of the molecule is C[C@@H](O)c1ccc(N2CCCC2(C)C)cc1. The van der Waals surface area contributed by atoms with E-state index in [9.17, 15) is 5.11 Å². The van der Waals surface area contributed by atoms with Crippen LogP contribution in [-0.2, 0) is 0 Å². The Labute approximate surface area is 97.9 Å². The summed E-state index contributed by atoms with van der Waals surface area (Å²) in [6.07, 6.45) is 2.15. The van der Waals surface area contributed by atoms with E-state index >= 15 is 0 Å². The third kappa shape index (κ3) is 2.07. The van der Waals surface area contributed by atoms with Crippen LogP contribution in [0.5, 0.6) is 0 Å². The molecule has 0 saturated carbocycles. The molecule has 1 atom stereocenters. The first kappa shape index (κ1) is 11.5. The first-order valence-corrected chi connectivity index (χ1v) is 6.06. The van der Waals surface area contributed by atoms with Crippen molar-refractivity contribution in [2.45, 2.75) is 45.3 Å². The van der Waals surface area contributed by atoms with Gasteiger partial charge in [-0.15, -0.1) is 0 Å². The minimum Gasteiger partial charge on any atom is -0.389 e. The lowest BCUT2D eigenvalue weighted by Crippen LogP contribution is -2.38. The lowest BCUT2D eigenvalue weighted by molar-refractivity contribution is 0.199. The molecule has 1 aromatic rings. The summed E-state index contributed by atoms with van der Waals surface area (Å²) in [5.74, 6) is 0. The lowest BCUT2D eigenvalue weighted by atomic mass is 10.0. The normalized spacial score (nSPS) is 21.1. The van der Waals surface area contributed by atoms with Gasteiger partial charge in [-0.25, -0.2) is 0 Å². The van der Waals surface area contributed by atoms with Gasteiger partial charge in [0.1, 0.15) is 0 Å². The molecule has 1 fully saturated rings. The zero-order valence-electron chi connectivity index (χ0n) is 10.4. The molecule has 1 aromatic carbocycles. The molecule has 16 heavy (non-hydrogen) atoms. The predicted octanol–water partition coefficient (Wildman–Crippen LogP) is 3.12. The predicted molar refractivity (Wildman–Crippen MR) is 67.7 cm³/mol. The van der Waals surface area contributed by atoms with Crippen LogP contribution in [0.15, 0.2) is 24.3 Å². The van der Waals surface area contributed by atoms with Gasteiger partial charge in [0.2, 0.25) is 0 Å². The van der Waals surface area contributed by atoms with Crippen LogP contribution in [0.1, 0.15) is 45.3 Å². The smallest absolute Gasteiger partial charge is 0.0761 e. The highest BCUT2D eigenvalue weighted by Crippen LogP contribution is 2.33. The van der Waals surface area contributed by atoms with Crippen LogP contribution in [0.3, 0.4) is 0 Å². The topological polar surface area (TPSA) is 23.5 Å². The lowest BCUT2D eigenvalue weighted by Gasteiger charge is -2.33. The van der Waals surface area contributed by atoms with Gasteiger partial charge in [-0.3, -0.25) is 0 Å². The Hall–Kier alpha value is -1.02. The minimum atomic E-state index is -0.374. The Balaban J connectivity index is 2.22. The molecule has 2 heteroatoms. The van der Waals surface area contributed by atoms with E-state index in [-0.39, 0.29) is 11.6 Å². The van der Waals surface area contributed by atoms with E-state index in [4.69, 9.17) is 0 Å². The number of benzene rings is 1. The highest BCUT2D eigenvalue weighted by atomic mass is 16.3. The van der Waals surface area contributed by atoms with Crippen molar-refractivity contribution in [3.8, 4) is 0 Å². The summed E-state index contributed by atoms with van der Waals surface area (Å²) in [4.78, 5) is 2.46. The molecule has 0 bridgehead atoms. The van der Waals surface area contributed by atoms with E-state index < -0.39 is 0 Å². The van der Waals surface area contributed by atoms with Crippen LogP contribution in [0, 0.1) is 0 Å². The van der Waals surface area contributed by atoms with Crippen LogP contribution >= 0.6 is 0 Å². The zero-order chi connectivity index (χ0) is 11.8. The van der Waals surface area contributed by atoms with Gasteiger partial charge in [0.25, 0.3) is 0 Å². The van der Waals surface area contributed by atoms with Gasteiger partial charge in [0.15, 0.2) is 0 Å². The molecule has 1 N–H and O–H groups in total. The molecule has 0 aromatic heterocycles. The van der Waals surface area contributed by atoms with Gasteiger partial charge >= 0.3 is 0 Å². The fraction of sp³-hybridized carbons (Fsp3) is 0.571. The van der Waals surface area contributed by atoms with Crippen molar-refractivity contribution in [1.82, 2.24) is 0 Å². The summed E-state index contributed by atoms with van der Waals surface area (Å²) in [6, 6.07) is 8.28. The molecule has 2 rings (SSSR count). The fourth-order valence-corrected chi connectivity index (χ4v) is 2.52. The van der Waals surface area contributed by atoms with Gasteiger partial charge in [-0.1, -0.05) is 12.1 Å². The minimum absolute atomic E-state index is 0.270. The molecule has 0 aliphatic carbocycles.